The second-order valence-corrected chi connectivity index (χ2v) is 8.75. The van der Waals surface area contributed by atoms with Crippen LogP contribution in [0.4, 0.5) is 10.1 Å². The van der Waals surface area contributed by atoms with Crippen molar-refractivity contribution in [3.05, 3.63) is 99.8 Å². The third kappa shape index (κ3) is 5.51. The predicted molar refractivity (Wildman–Crippen MR) is 133 cm³/mol. The summed E-state index contributed by atoms with van der Waals surface area (Å²) < 4.78 is 14.1. The van der Waals surface area contributed by atoms with E-state index in [1.807, 2.05) is 0 Å². The average Bonchev–Trinajstić information content (AvgIpc) is 2.86. The Morgan fingerprint density at radius 2 is 1.62 bits per heavy atom. The molecule has 1 amide bonds. The van der Waals surface area contributed by atoms with E-state index in [1.165, 1.54) is 18.6 Å². The van der Waals surface area contributed by atoms with Gasteiger partial charge in [-0.25, -0.2) is 4.39 Å². The molecule has 1 aliphatic heterocycles. The van der Waals surface area contributed by atoms with Crippen LogP contribution in [0.3, 0.4) is 0 Å². The fourth-order valence-electron chi connectivity index (χ4n) is 4.07. The van der Waals surface area contributed by atoms with Gasteiger partial charge in [-0.15, -0.1) is 0 Å². The number of nitrogens with zero attached hydrogens (tertiary/aromatic N) is 1. The summed E-state index contributed by atoms with van der Waals surface area (Å²) in [7, 11) is 0. The second kappa shape index (κ2) is 10.6. The van der Waals surface area contributed by atoms with Crippen molar-refractivity contribution < 1.29 is 14.0 Å². The van der Waals surface area contributed by atoms with Crippen molar-refractivity contribution in [2.24, 2.45) is 0 Å². The van der Waals surface area contributed by atoms with Crippen LogP contribution in [0.1, 0.15) is 51.1 Å². The Morgan fingerprint density at radius 1 is 0.941 bits per heavy atom. The zero-order valence-corrected chi connectivity index (χ0v) is 19.4. The molecular weight excluding hydrogens is 453 g/mol. The first-order valence-corrected chi connectivity index (χ1v) is 11.6. The Kier molecular flexibility index (Phi) is 7.38. The molecule has 174 valence electrons. The minimum absolute atomic E-state index is 0.0160. The maximum absolute atomic E-state index is 14.1. The van der Waals surface area contributed by atoms with Crippen LogP contribution in [0, 0.1) is 11.2 Å². The Balaban J connectivity index is 1.46. The van der Waals surface area contributed by atoms with Crippen molar-refractivity contribution in [3.8, 4) is 0 Å². The summed E-state index contributed by atoms with van der Waals surface area (Å²) in [6.45, 7) is 1.77. The molecule has 34 heavy (non-hydrogen) atoms. The number of amidine groups is 1. The Morgan fingerprint density at radius 3 is 2.32 bits per heavy atom. The molecule has 4 rings (SSSR count). The quantitative estimate of drug-likeness (QED) is 0.261. The number of carbonyl (C=O) groups excluding carboxylic acids is 2. The summed E-state index contributed by atoms with van der Waals surface area (Å²) in [5.74, 6) is -0.802. The van der Waals surface area contributed by atoms with Crippen LogP contribution >= 0.6 is 11.6 Å². The Labute approximate surface area is 203 Å². The van der Waals surface area contributed by atoms with Crippen molar-refractivity contribution in [2.75, 3.05) is 18.4 Å². The molecule has 0 aromatic heterocycles. The van der Waals surface area contributed by atoms with E-state index in [9.17, 15) is 14.0 Å². The topological polar surface area (TPSA) is 73.3 Å². The molecule has 0 unspecified atom stereocenters. The van der Waals surface area contributed by atoms with Gasteiger partial charge in [0.1, 0.15) is 11.7 Å². The fourth-order valence-corrected chi connectivity index (χ4v) is 4.22. The highest BCUT2D eigenvalue weighted by Crippen LogP contribution is 2.21. The number of amides is 1. The van der Waals surface area contributed by atoms with Gasteiger partial charge in [0.15, 0.2) is 5.78 Å². The summed E-state index contributed by atoms with van der Waals surface area (Å²) in [5.41, 5.74) is 2.15. The maximum atomic E-state index is 14.1. The van der Waals surface area contributed by atoms with E-state index >= 15 is 0 Å². The zero-order chi connectivity index (χ0) is 24.1. The lowest BCUT2D eigenvalue weighted by Crippen LogP contribution is -2.35. The summed E-state index contributed by atoms with van der Waals surface area (Å²) in [6.07, 6.45) is 3.41. The maximum Gasteiger partial charge on any atom is 0.256 e. The fraction of sp³-hybridized carbons (Fsp3) is 0.222. The minimum Gasteiger partial charge on any atom is -0.357 e. The summed E-state index contributed by atoms with van der Waals surface area (Å²) in [5, 5.41) is 11.2. The van der Waals surface area contributed by atoms with Crippen molar-refractivity contribution >= 4 is 34.8 Å². The molecule has 0 spiro atoms. The van der Waals surface area contributed by atoms with Crippen molar-refractivity contribution in [1.82, 2.24) is 4.90 Å². The number of benzene rings is 3. The Bertz CT molecular complexity index is 1220. The molecule has 0 atom stereocenters. The molecule has 0 saturated carbocycles. The number of hydrogen-bond acceptors (Lipinski definition) is 3. The van der Waals surface area contributed by atoms with Crippen molar-refractivity contribution in [1.29, 1.82) is 5.41 Å². The van der Waals surface area contributed by atoms with Gasteiger partial charge in [-0.05, 0) is 49.1 Å². The highest BCUT2D eigenvalue weighted by atomic mass is 35.5. The highest BCUT2D eigenvalue weighted by Gasteiger charge is 2.18. The second-order valence-electron chi connectivity index (χ2n) is 8.31. The molecule has 0 aliphatic carbocycles. The molecule has 5 nitrogen and oxygen atoms in total. The molecular formula is C27H25ClFN3O2. The smallest absolute Gasteiger partial charge is 0.256 e. The zero-order valence-electron chi connectivity index (χ0n) is 18.6. The van der Waals surface area contributed by atoms with E-state index in [4.69, 9.17) is 17.0 Å². The molecule has 0 radical (unpaired) electrons. The summed E-state index contributed by atoms with van der Waals surface area (Å²) in [6, 6.07) is 17.8. The van der Waals surface area contributed by atoms with Gasteiger partial charge in [-0.2, -0.15) is 0 Å². The number of ketones is 1. The van der Waals surface area contributed by atoms with E-state index < -0.39 is 11.7 Å². The average molecular weight is 478 g/mol. The molecule has 1 heterocycles. The van der Waals surface area contributed by atoms with Crippen LogP contribution in [0.25, 0.3) is 0 Å². The number of piperidine rings is 1. The third-order valence-electron chi connectivity index (χ3n) is 5.94. The first kappa shape index (κ1) is 23.6. The van der Waals surface area contributed by atoms with Gasteiger partial charge in [0.05, 0.1) is 5.69 Å². The molecule has 1 saturated heterocycles. The molecule has 7 heteroatoms. The number of Topliss-reactive ketones (excluding diaryl/α,β-unsaturated/α-hetero) is 1. The number of halogens is 2. The molecule has 2 N–H and O–H groups in total. The van der Waals surface area contributed by atoms with Crippen LogP contribution in [0.2, 0.25) is 5.02 Å². The van der Waals surface area contributed by atoms with E-state index in [2.05, 4.69) is 10.2 Å². The van der Waals surface area contributed by atoms with E-state index in [-0.39, 0.29) is 22.9 Å². The standard InChI is InChI=1S/C27H25ClFN3O2/c28-21-12-13-24(23(29)17-21)31-27(34)22-7-3-2-6-20(22)16-25(33)18-8-10-19(11-9-18)26(30)32-14-4-1-5-15-32/h2-3,6-13,17,30H,1,4-5,14-16H2,(H,31,34). The monoisotopic (exact) mass is 477 g/mol. The molecule has 3 aromatic carbocycles. The van der Waals surface area contributed by atoms with Gasteiger partial charge in [0.2, 0.25) is 0 Å². The SMILES string of the molecule is N=C(c1ccc(C(=O)Cc2ccccc2C(=O)Nc2ccc(Cl)cc2F)cc1)N1CCCCC1. The predicted octanol–water partition coefficient (Wildman–Crippen LogP) is 5.97. The van der Waals surface area contributed by atoms with E-state index in [1.54, 1.807) is 48.5 Å². The van der Waals surface area contributed by atoms with E-state index in [0.29, 0.717) is 22.5 Å². The number of carbonyl (C=O) groups is 2. The molecule has 3 aromatic rings. The Hall–Kier alpha value is -3.51. The van der Waals surface area contributed by atoms with Gasteiger partial charge in [-0.3, -0.25) is 15.0 Å². The normalized spacial score (nSPS) is 13.4. The van der Waals surface area contributed by atoms with Crippen molar-refractivity contribution in [3.63, 3.8) is 0 Å². The molecule has 0 bridgehead atoms. The lowest BCUT2D eigenvalue weighted by molar-refractivity contribution is 0.0992. The minimum atomic E-state index is -0.635. The number of rotatable bonds is 6. The van der Waals surface area contributed by atoms with E-state index in [0.717, 1.165) is 37.6 Å². The van der Waals surface area contributed by atoms with Crippen molar-refractivity contribution in [2.45, 2.75) is 25.7 Å². The van der Waals surface area contributed by atoms with Crippen LogP contribution in [0.5, 0.6) is 0 Å². The first-order valence-electron chi connectivity index (χ1n) is 11.2. The highest BCUT2D eigenvalue weighted by molar-refractivity contribution is 6.30. The number of anilines is 1. The van der Waals surface area contributed by atoms with Gasteiger partial charge in [0.25, 0.3) is 5.91 Å². The first-order chi connectivity index (χ1) is 16.4. The summed E-state index contributed by atoms with van der Waals surface area (Å²) >= 11 is 5.77. The van der Waals surface area contributed by atoms with Crippen LogP contribution in [0.15, 0.2) is 66.7 Å². The van der Waals surface area contributed by atoms with Crippen LogP contribution in [-0.2, 0) is 6.42 Å². The van der Waals surface area contributed by atoms with Crippen LogP contribution in [-0.4, -0.2) is 35.5 Å². The summed E-state index contributed by atoms with van der Waals surface area (Å²) in [4.78, 5) is 27.8. The molecule has 1 fully saturated rings. The lowest BCUT2D eigenvalue weighted by atomic mass is 9.97. The number of nitrogens with one attached hydrogen (secondary N) is 2. The number of hydrogen-bond donors (Lipinski definition) is 2. The lowest BCUT2D eigenvalue weighted by Gasteiger charge is -2.29. The largest absolute Gasteiger partial charge is 0.357 e. The third-order valence-corrected chi connectivity index (χ3v) is 6.18. The van der Waals surface area contributed by atoms with Crippen LogP contribution < -0.4 is 5.32 Å². The van der Waals surface area contributed by atoms with Gasteiger partial charge in [-0.1, -0.05) is 54.1 Å². The van der Waals surface area contributed by atoms with Gasteiger partial charge < -0.3 is 10.2 Å². The molecule has 1 aliphatic rings. The number of likely N-dealkylation sites (tertiary alicyclic amines) is 1. The van der Waals surface area contributed by atoms with Gasteiger partial charge in [0, 0.05) is 41.2 Å². The van der Waals surface area contributed by atoms with Gasteiger partial charge >= 0.3 is 0 Å².